The summed E-state index contributed by atoms with van der Waals surface area (Å²) in [6, 6.07) is 10.2. The second kappa shape index (κ2) is 12.0. The quantitative estimate of drug-likeness (QED) is 0.517. The number of ether oxygens (including phenoxy) is 1. The average molecular weight is 465 g/mol. The van der Waals surface area contributed by atoms with Gasteiger partial charge in [0.25, 0.3) is 5.91 Å². The zero-order chi connectivity index (χ0) is 23.0. The van der Waals surface area contributed by atoms with Gasteiger partial charge in [0, 0.05) is 23.1 Å². The van der Waals surface area contributed by atoms with Gasteiger partial charge >= 0.3 is 0 Å². The maximum atomic E-state index is 13.2. The maximum Gasteiger partial charge on any atom is 0.261 e. The summed E-state index contributed by atoms with van der Waals surface area (Å²) in [4.78, 5) is 27.5. The molecule has 0 saturated carbocycles. The molecule has 7 heteroatoms. The number of nitrogens with one attached hydrogen (secondary N) is 1. The summed E-state index contributed by atoms with van der Waals surface area (Å²) in [5.41, 5.74) is 2.78. The van der Waals surface area contributed by atoms with E-state index in [1.54, 1.807) is 18.2 Å². The van der Waals surface area contributed by atoms with Crippen LogP contribution in [0.5, 0.6) is 5.75 Å². The predicted octanol–water partition coefficient (Wildman–Crippen LogP) is 5.32. The van der Waals surface area contributed by atoms with E-state index in [-0.39, 0.29) is 25.0 Å². The highest BCUT2D eigenvalue weighted by molar-refractivity contribution is 6.35. The predicted molar refractivity (Wildman–Crippen MR) is 126 cm³/mol. The molecular formula is C24H30Cl2N2O3. The summed E-state index contributed by atoms with van der Waals surface area (Å²) in [7, 11) is 0. The van der Waals surface area contributed by atoms with Crippen molar-refractivity contribution in [2.75, 3.05) is 13.2 Å². The van der Waals surface area contributed by atoms with Crippen molar-refractivity contribution >= 4 is 35.0 Å². The molecule has 168 valence electrons. The topological polar surface area (TPSA) is 58.6 Å². The third kappa shape index (κ3) is 6.88. The summed E-state index contributed by atoms with van der Waals surface area (Å²) >= 11 is 12.4. The van der Waals surface area contributed by atoms with Gasteiger partial charge in [-0.2, -0.15) is 0 Å². The first-order valence-corrected chi connectivity index (χ1v) is 11.2. The van der Waals surface area contributed by atoms with Gasteiger partial charge in [-0.1, -0.05) is 55.2 Å². The Morgan fingerprint density at radius 1 is 1.13 bits per heavy atom. The van der Waals surface area contributed by atoms with Crippen LogP contribution < -0.4 is 10.1 Å². The molecule has 5 nitrogen and oxygen atoms in total. The van der Waals surface area contributed by atoms with Crippen molar-refractivity contribution in [1.29, 1.82) is 0 Å². The van der Waals surface area contributed by atoms with E-state index >= 15 is 0 Å². The van der Waals surface area contributed by atoms with Crippen LogP contribution in [0.15, 0.2) is 36.4 Å². The number of rotatable bonds is 10. The van der Waals surface area contributed by atoms with Crippen LogP contribution in [0.3, 0.4) is 0 Å². The van der Waals surface area contributed by atoms with Gasteiger partial charge in [-0.25, -0.2) is 0 Å². The second-order valence-corrected chi connectivity index (χ2v) is 8.30. The molecule has 31 heavy (non-hydrogen) atoms. The number of hydrogen-bond donors (Lipinski definition) is 1. The minimum absolute atomic E-state index is 0.174. The highest BCUT2D eigenvalue weighted by Gasteiger charge is 2.29. The molecule has 0 aromatic heterocycles. The van der Waals surface area contributed by atoms with Gasteiger partial charge in [-0.05, 0) is 61.6 Å². The molecule has 0 aliphatic carbocycles. The number of amides is 2. The first kappa shape index (κ1) is 25.0. The Morgan fingerprint density at radius 3 is 2.52 bits per heavy atom. The van der Waals surface area contributed by atoms with Crippen molar-refractivity contribution < 1.29 is 14.3 Å². The van der Waals surface area contributed by atoms with E-state index in [9.17, 15) is 9.59 Å². The second-order valence-electron chi connectivity index (χ2n) is 7.46. The highest BCUT2D eigenvalue weighted by Crippen LogP contribution is 2.24. The maximum absolute atomic E-state index is 13.2. The van der Waals surface area contributed by atoms with E-state index in [2.05, 4.69) is 5.32 Å². The van der Waals surface area contributed by atoms with Crippen LogP contribution in [0.4, 0.5) is 0 Å². The smallest absolute Gasteiger partial charge is 0.261 e. The van der Waals surface area contributed by atoms with Crippen molar-refractivity contribution in [3.63, 3.8) is 0 Å². The summed E-state index contributed by atoms with van der Waals surface area (Å²) in [5.74, 6) is 0.182. The number of benzene rings is 2. The van der Waals surface area contributed by atoms with Crippen LogP contribution in [0, 0.1) is 13.8 Å². The molecule has 0 heterocycles. The van der Waals surface area contributed by atoms with Crippen molar-refractivity contribution in [2.24, 2.45) is 0 Å². The average Bonchev–Trinajstić information content (AvgIpc) is 2.74. The number of aryl methyl sites for hydroxylation is 1. The number of carbonyl (C=O) groups excluding carboxylic acids is 2. The Kier molecular flexibility index (Phi) is 9.66. The Balaban J connectivity index is 2.27. The van der Waals surface area contributed by atoms with Gasteiger partial charge in [-0.15, -0.1) is 0 Å². The fourth-order valence-electron chi connectivity index (χ4n) is 3.22. The number of halogens is 2. The monoisotopic (exact) mass is 464 g/mol. The van der Waals surface area contributed by atoms with Crippen LogP contribution in [0.2, 0.25) is 10.0 Å². The van der Waals surface area contributed by atoms with Crippen LogP contribution in [-0.4, -0.2) is 35.9 Å². The molecule has 0 unspecified atom stereocenters. The van der Waals surface area contributed by atoms with E-state index in [4.69, 9.17) is 27.9 Å². The SMILES string of the molecule is CCCNC(=O)[C@@H](CC)N(Cc1ccc(Cl)cc1Cl)C(=O)COc1cccc(C)c1C. The van der Waals surface area contributed by atoms with E-state index in [1.165, 1.54) is 4.90 Å². The summed E-state index contributed by atoms with van der Waals surface area (Å²) < 4.78 is 5.83. The van der Waals surface area contributed by atoms with E-state index < -0.39 is 6.04 Å². The fourth-order valence-corrected chi connectivity index (χ4v) is 3.69. The van der Waals surface area contributed by atoms with Crippen LogP contribution in [0.1, 0.15) is 43.4 Å². The summed E-state index contributed by atoms with van der Waals surface area (Å²) in [6.07, 6.45) is 1.28. The van der Waals surface area contributed by atoms with Gasteiger partial charge in [0.1, 0.15) is 11.8 Å². The Morgan fingerprint density at radius 2 is 1.87 bits per heavy atom. The number of carbonyl (C=O) groups is 2. The summed E-state index contributed by atoms with van der Waals surface area (Å²) in [6.45, 7) is 8.37. The molecule has 0 aliphatic heterocycles. The van der Waals surface area contributed by atoms with Crippen molar-refractivity contribution in [3.8, 4) is 5.75 Å². The molecule has 0 saturated heterocycles. The number of nitrogens with zero attached hydrogens (tertiary/aromatic N) is 1. The van der Waals surface area contributed by atoms with Crippen LogP contribution in [0.25, 0.3) is 0 Å². The van der Waals surface area contributed by atoms with Crippen LogP contribution >= 0.6 is 23.2 Å². The lowest BCUT2D eigenvalue weighted by Crippen LogP contribution is -2.50. The lowest BCUT2D eigenvalue weighted by molar-refractivity contribution is -0.143. The molecule has 2 aromatic rings. The molecule has 0 radical (unpaired) electrons. The molecular weight excluding hydrogens is 435 g/mol. The van der Waals surface area contributed by atoms with Gasteiger partial charge < -0.3 is 15.0 Å². The first-order valence-electron chi connectivity index (χ1n) is 10.5. The van der Waals surface area contributed by atoms with Crippen molar-refractivity contribution in [2.45, 2.75) is 53.1 Å². The molecule has 2 rings (SSSR count). The molecule has 2 amide bonds. The Bertz CT molecular complexity index is 918. The highest BCUT2D eigenvalue weighted by atomic mass is 35.5. The molecule has 0 fully saturated rings. The minimum atomic E-state index is -0.631. The Labute approximate surface area is 194 Å². The molecule has 2 aromatic carbocycles. The van der Waals surface area contributed by atoms with E-state index in [1.807, 2.05) is 45.9 Å². The molecule has 0 spiro atoms. The normalized spacial score (nSPS) is 11.7. The lowest BCUT2D eigenvalue weighted by atomic mass is 10.1. The fraction of sp³-hybridized carbons (Fsp3) is 0.417. The zero-order valence-electron chi connectivity index (χ0n) is 18.5. The third-order valence-corrected chi connectivity index (χ3v) is 5.78. The first-order chi connectivity index (χ1) is 14.8. The van der Waals surface area contributed by atoms with Gasteiger partial charge in [0.2, 0.25) is 5.91 Å². The van der Waals surface area contributed by atoms with Gasteiger partial charge in [0.15, 0.2) is 6.61 Å². The van der Waals surface area contributed by atoms with Gasteiger partial charge in [-0.3, -0.25) is 9.59 Å². The zero-order valence-corrected chi connectivity index (χ0v) is 20.0. The largest absolute Gasteiger partial charge is 0.483 e. The standard InChI is InChI=1S/C24H30Cl2N2O3/c1-5-12-27-24(30)21(6-2)28(14-18-10-11-19(25)13-20(18)26)23(29)15-31-22-9-7-8-16(3)17(22)4/h7-11,13,21H,5-6,12,14-15H2,1-4H3,(H,27,30)/t21-/m1/s1. The Hall–Kier alpha value is -2.24. The molecule has 1 atom stereocenters. The van der Waals surface area contributed by atoms with Crippen molar-refractivity contribution in [1.82, 2.24) is 10.2 Å². The minimum Gasteiger partial charge on any atom is -0.483 e. The molecule has 1 N–H and O–H groups in total. The van der Waals surface area contributed by atoms with Crippen molar-refractivity contribution in [3.05, 3.63) is 63.1 Å². The van der Waals surface area contributed by atoms with E-state index in [0.29, 0.717) is 34.3 Å². The lowest BCUT2D eigenvalue weighted by Gasteiger charge is -2.31. The van der Waals surface area contributed by atoms with Crippen LogP contribution in [-0.2, 0) is 16.1 Å². The third-order valence-electron chi connectivity index (χ3n) is 5.20. The number of hydrogen-bond acceptors (Lipinski definition) is 3. The van der Waals surface area contributed by atoms with E-state index in [0.717, 1.165) is 17.5 Å². The molecule has 0 aliphatic rings. The van der Waals surface area contributed by atoms with Gasteiger partial charge in [0.05, 0.1) is 0 Å². The summed E-state index contributed by atoms with van der Waals surface area (Å²) in [5, 5.41) is 3.85. The molecule has 0 bridgehead atoms.